The first-order valence-corrected chi connectivity index (χ1v) is 8.19. The van der Waals surface area contributed by atoms with Crippen LogP contribution in [0.4, 0.5) is 0 Å². The Balaban J connectivity index is 1.76. The number of nitrogens with zero attached hydrogens (tertiary/aromatic N) is 1. The lowest BCUT2D eigenvalue weighted by atomic mass is 9.99. The summed E-state index contributed by atoms with van der Waals surface area (Å²) in [5.41, 5.74) is 7.82. The lowest BCUT2D eigenvalue weighted by Crippen LogP contribution is -2.33. The molecule has 1 aliphatic heterocycles. The van der Waals surface area contributed by atoms with Crippen molar-refractivity contribution in [1.29, 1.82) is 0 Å². The predicted molar refractivity (Wildman–Crippen MR) is 90.3 cm³/mol. The summed E-state index contributed by atoms with van der Waals surface area (Å²) in [6.45, 7) is 5.73. The van der Waals surface area contributed by atoms with Crippen LogP contribution in [-0.4, -0.2) is 24.5 Å². The predicted octanol–water partition coefficient (Wildman–Crippen LogP) is 3.96. The molecule has 0 spiro atoms. The van der Waals surface area contributed by atoms with Crippen LogP contribution in [0.2, 0.25) is 0 Å². The van der Waals surface area contributed by atoms with Crippen molar-refractivity contribution in [2.24, 2.45) is 11.7 Å². The monoisotopic (exact) mass is 282 g/mol. The van der Waals surface area contributed by atoms with Crippen LogP contribution in [-0.2, 0) is 0 Å². The van der Waals surface area contributed by atoms with Crippen molar-refractivity contribution in [3.05, 3.63) is 48.0 Å². The summed E-state index contributed by atoms with van der Waals surface area (Å²) in [5, 5.41) is 2.59. The third-order valence-electron chi connectivity index (χ3n) is 4.79. The van der Waals surface area contributed by atoms with Gasteiger partial charge in [-0.3, -0.25) is 0 Å². The van der Waals surface area contributed by atoms with Crippen LogP contribution >= 0.6 is 0 Å². The highest BCUT2D eigenvalue weighted by molar-refractivity contribution is 5.86. The Morgan fingerprint density at radius 1 is 1.10 bits per heavy atom. The van der Waals surface area contributed by atoms with Crippen molar-refractivity contribution in [3.63, 3.8) is 0 Å². The average Bonchev–Trinajstić information content (AvgIpc) is 2.71. The Hall–Kier alpha value is -1.38. The van der Waals surface area contributed by atoms with E-state index in [0.29, 0.717) is 0 Å². The van der Waals surface area contributed by atoms with Crippen LogP contribution < -0.4 is 5.73 Å². The number of rotatable bonds is 3. The van der Waals surface area contributed by atoms with Crippen LogP contribution in [0.15, 0.2) is 42.5 Å². The maximum atomic E-state index is 6.54. The lowest BCUT2D eigenvalue weighted by molar-refractivity contribution is 0.265. The van der Waals surface area contributed by atoms with E-state index in [2.05, 4.69) is 54.3 Å². The van der Waals surface area contributed by atoms with Gasteiger partial charge in [0, 0.05) is 12.6 Å². The molecule has 0 aromatic heterocycles. The first-order chi connectivity index (χ1) is 10.2. The molecule has 21 heavy (non-hydrogen) atoms. The van der Waals surface area contributed by atoms with Gasteiger partial charge in [0.15, 0.2) is 0 Å². The molecule has 0 saturated carbocycles. The van der Waals surface area contributed by atoms with Gasteiger partial charge in [-0.15, -0.1) is 0 Å². The topological polar surface area (TPSA) is 29.3 Å². The maximum absolute atomic E-state index is 6.54. The van der Waals surface area contributed by atoms with E-state index < -0.39 is 0 Å². The number of likely N-dealkylation sites (tertiary alicyclic amines) is 1. The van der Waals surface area contributed by atoms with Gasteiger partial charge >= 0.3 is 0 Å². The Morgan fingerprint density at radius 3 is 2.81 bits per heavy atom. The number of nitrogens with two attached hydrogens (primary N) is 1. The van der Waals surface area contributed by atoms with E-state index in [9.17, 15) is 0 Å². The third-order valence-corrected chi connectivity index (χ3v) is 4.79. The minimum Gasteiger partial charge on any atom is -0.323 e. The van der Waals surface area contributed by atoms with E-state index in [0.717, 1.165) is 12.5 Å². The zero-order valence-corrected chi connectivity index (χ0v) is 13.0. The smallest absolute Gasteiger partial charge is 0.0430 e. The molecule has 3 rings (SSSR count). The molecular weight excluding hydrogens is 256 g/mol. The second-order valence-corrected chi connectivity index (χ2v) is 6.51. The van der Waals surface area contributed by atoms with Gasteiger partial charge in [0.25, 0.3) is 0 Å². The Labute approximate surface area is 127 Å². The summed E-state index contributed by atoms with van der Waals surface area (Å²) >= 11 is 0. The van der Waals surface area contributed by atoms with Crippen molar-refractivity contribution < 1.29 is 0 Å². The number of hydrogen-bond acceptors (Lipinski definition) is 2. The Bertz CT molecular complexity index is 588. The fourth-order valence-electron chi connectivity index (χ4n) is 3.46. The van der Waals surface area contributed by atoms with E-state index in [1.165, 1.54) is 48.7 Å². The van der Waals surface area contributed by atoms with E-state index >= 15 is 0 Å². The summed E-state index contributed by atoms with van der Waals surface area (Å²) in [6.07, 6.45) is 3.98. The molecule has 1 aliphatic rings. The summed E-state index contributed by atoms with van der Waals surface area (Å²) < 4.78 is 0. The van der Waals surface area contributed by atoms with Crippen LogP contribution in [0.3, 0.4) is 0 Å². The number of benzene rings is 2. The molecular formula is C19H26N2. The standard InChI is InChI=1S/C19H26N2/c1-15-6-5-12-21(13-11-15)14-19(20)18-10-4-8-16-7-2-3-9-17(16)18/h2-4,7-10,15,19H,5-6,11-14,20H2,1H3. The van der Waals surface area contributed by atoms with Gasteiger partial charge in [0.1, 0.15) is 0 Å². The molecule has 1 fully saturated rings. The summed E-state index contributed by atoms with van der Waals surface area (Å²) in [6, 6.07) is 15.1. The molecule has 0 amide bonds. The molecule has 2 N–H and O–H groups in total. The van der Waals surface area contributed by atoms with Crippen molar-refractivity contribution in [2.45, 2.75) is 32.2 Å². The lowest BCUT2D eigenvalue weighted by Gasteiger charge is -2.25. The first-order valence-electron chi connectivity index (χ1n) is 8.19. The number of hydrogen-bond donors (Lipinski definition) is 1. The Kier molecular flexibility index (Phi) is 4.57. The second kappa shape index (κ2) is 6.59. The van der Waals surface area contributed by atoms with Crippen LogP contribution in [0, 0.1) is 5.92 Å². The molecule has 2 aromatic carbocycles. The maximum Gasteiger partial charge on any atom is 0.0430 e. The molecule has 2 unspecified atom stereocenters. The highest BCUT2D eigenvalue weighted by Gasteiger charge is 2.17. The summed E-state index contributed by atoms with van der Waals surface area (Å²) in [5.74, 6) is 0.865. The van der Waals surface area contributed by atoms with Crippen molar-refractivity contribution in [1.82, 2.24) is 4.90 Å². The molecule has 112 valence electrons. The van der Waals surface area contributed by atoms with E-state index in [4.69, 9.17) is 5.73 Å². The van der Waals surface area contributed by atoms with Gasteiger partial charge in [0.2, 0.25) is 0 Å². The van der Waals surface area contributed by atoms with Gasteiger partial charge < -0.3 is 10.6 Å². The van der Waals surface area contributed by atoms with Crippen molar-refractivity contribution >= 4 is 10.8 Å². The van der Waals surface area contributed by atoms with Crippen LogP contribution in [0.5, 0.6) is 0 Å². The largest absolute Gasteiger partial charge is 0.323 e. The molecule has 2 heteroatoms. The van der Waals surface area contributed by atoms with Crippen LogP contribution in [0.25, 0.3) is 10.8 Å². The van der Waals surface area contributed by atoms with Gasteiger partial charge in [0.05, 0.1) is 0 Å². The van der Waals surface area contributed by atoms with E-state index in [-0.39, 0.29) is 6.04 Å². The summed E-state index contributed by atoms with van der Waals surface area (Å²) in [4.78, 5) is 2.55. The van der Waals surface area contributed by atoms with E-state index in [1.54, 1.807) is 0 Å². The van der Waals surface area contributed by atoms with Crippen molar-refractivity contribution in [3.8, 4) is 0 Å². The molecule has 2 nitrogen and oxygen atoms in total. The zero-order chi connectivity index (χ0) is 14.7. The normalized spacial score (nSPS) is 22.1. The molecule has 1 heterocycles. The average molecular weight is 282 g/mol. The minimum absolute atomic E-state index is 0.101. The molecule has 2 aromatic rings. The molecule has 0 aliphatic carbocycles. The van der Waals surface area contributed by atoms with Crippen LogP contribution in [0.1, 0.15) is 37.8 Å². The molecule has 1 saturated heterocycles. The summed E-state index contributed by atoms with van der Waals surface area (Å²) in [7, 11) is 0. The second-order valence-electron chi connectivity index (χ2n) is 6.51. The first kappa shape index (κ1) is 14.6. The fraction of sp³-hybridized carbons (Fsp3) is 0.474. The SMILES string of the molecule is CC1CCCN(CC(N)c2cccc3ccccc23)CC1. The van der Waals surface area contributed by atoms with Gasteiger partial charge in [-0.05, 0) is 54.6 Å². The number of fused-ring (bicyclic) bond motifs is 1. The highest BCUT2D eigenvalue weighted by Crippen LogP contribution is 2.25. The fourth-order valence-corrected chi connectivity index (χ4v) is 3.46. The molecule has 2 atom stereocenters. The molecule has 0 radical (unpaired) electrons. The quantitative estimate of drug-likeness (QED) is 0.923. The highest BCUT2D eigenvalue weighted by atomic mass is 15.1. The van der Waals surface area contributed by atoms with Gasteiger partial charge in [-0.2, -0.15) is 0 Å². The van der Waals surface area contributed by atoms with Crippen molar-refractivity contribution in [2.75, 3.05) is 19.6 Å². The van der Waals surface area contributed by atoms with Gasteiger partial charge in [-0.1, -0.05) is 49.4 Å². The molecule has 0 bridgehead atoms. The van der Waals surface area contributed by atoms with Gasteiger partial charge in [-0.25, -0.2) is 0 Å². The zero-order valence-electron chi connectivity index (χ0n) is 13.0. The minimum atomic E-state index is 0.101. The van der Waals surface area contributed by atoms with E-state index in [1.807, 2.05) is 0 Å². The Morgan fingerprint density at radius 2 is 1.90 bits per heavy atom. The third kappa shape index (κ3) is 3.45.